The number of benzene rings is 3. The summed E-state index contributed by atoms with van der Waals surface area (Å²) in [4.78, 5) is 23.4. The van der Waals surface area contributed by atoms with Gasteiger partial charge in [0.1, 0.15) is 5.75 Å². The fourth-order valence-electron chi connectivity index (χ4n) is 2.94. The van der Waals surface area contributed by atoms with E-state index < -0.39 is 10.8 Å². The number of hydrogen-bond acceptors (Lipinski definition) is 7. The number of carbonyl (C=O) groups excluding carboxylic acids is 1. The molecule has 0 atom stereocenters. The Morgan fingerprint density at radius 1 is 1.10 bits per heavy atom. The molecule has 0 aromatic heterocycles. The van der Waals surface area contributed by atoms with Crippen molar-refractivity contribution in [3.05, 3.63) is 86.8 Å². The molecular formula is C21H13N3O4S2. The number of hydrogen-bond donors (Lipinski definition) is 1. The number of non-ortho nitro benzene ring substituents is 1. The third-order valence-corrected chi connectivity index (χ3v) is 5.71. The van der Waals surface area contributed by atoms with Gasteiger partial charge in [-0.15, -0.1) is 0 Å². The van der Waals surface area contributed by atoms with Crippen LogP contribution in [0.1, 0.15) is 11.1 Å². The van der Waals surface area contributed by atoms with Gasteiger partial charge in [0.25, 0.3) is 11.6 Å². The molecular weight excluding hydrogens is 422 g/mol. The van der Waals surface area contributed by atoms with E-state index >= 15 is 0 Å². The van der Waals surface area contributed by atoms with Gasteiger partial charge >= 0.3 is 0 Å². The number of phenols is 1. The average molecular weight is 435 g/mol. The number of phenolic OH excluding ortho intramolecular Hbond substituents is 1. The minimum Gasteiger partial charge on any atom is -0.507 e. The maximum absolute atomic E-state index is 12.7. The van der Waals surface area contributed by atoms with Gasteiger partial charge in [0.05, 0.1) is 16.0 Å². The molecule has 1 amide bonds. The van der Waals surface area contributed by atoms with Crippen molar-refractivity contribution in [2.75, 3.05) is 0 Å². The molecule has 7 nitrogen and oxygen atoms in total. The molecule has 3 aromatic rings. The maximum Gasteiger partial charge on any atom is 0.286 e. The molecule has 0 bridgehead atoms. The lowest BCUT2D eigenvalue weighted by atomic mass is 10.0. The lowest BCUT2D eigenvalue weighted by Gasteiger charge is -2.08. The van der Waals surface area contributed by atoms with Crippen LogP contribution in [0.3, 0.4) is 0 Å². The number of aromatic hydroxyl groups is 1. The molecule has 4 rings (SSSR count). The van der Waals surface area contributed by atoms with Crippen LogP contribution in [0, 0.1) is 10.1 Å². The van der Waals surface area contributed by atoms with E-state index in [2.05, 4.69) is 5.10 Å². The number of nitro groups is 1. The molecule has 148 valence electrons. The van der Waals surface area contributed by atoms with Crippen LogP contribution in [-0.2, 0) is 4.79 Å². The van der Waals surface area contributed by atoms with E-state index in [-0.39, 0.29) is 15.8 Å². The minimum absolute atomic E-state index is 0.0285. The molecule has 0 saturated carbocycles. The zero-order valence-electron chi connectivity index (χ0n) is 15.3. The van der Waals surface area contributed by atoms with Crippen LogP contribution >= 0.6 is 24.0 Å². The van der Waals surface area contributed by atoms with Crippen LogP contribution in [0.15, 0.2) is 70.7 Å². The van der Waals surface area contributed by atoms with Crippen molar-refractivity contribution in [3.8, 4) is 5.75 Å². The maximum atomic E-state index is 12.7. The van der Waals surface area contributed by atoms with E-state index in [1.807, 2.05) is 24.3 Å². The van der Waals surface area contributed by atoms with Crippen LogP contribution in [0.5, 0.6) is 5.75 Å². The van der Waals surface area contributed by atoms with Crippen molar-refractivity contribution in [1.82, 2.24) is 5.01 Å². The van der Waals surface area contributed by atoms with Gasteiger partial charge in [0.2, 0.25) is 0 Å². The summed E-state index contributed by atoms with van der Waals surface area (Å²) in [6.07, 6.45) is 3.02. The summed E-state index contributed by atoms with van der Waals surface area (Å²) in [5.41, 5.74) is 1.09. The second-order valence-corrected chi connectivity index (χ2v) is 7.98. The summed E-state index contributed by atoms with van der Waals surface area (Å²) in [6, 6.07) is 16.7. The Hall–Kier alpha value is -3.56. The van der Waals surface area contributed by atoms with E-state index in [0.29, 0.717) is 16.0 Å². The molecule has 1 aliphatic heterocycles. The molecule has 1 heterocycles. The molecule has 30 heavy (non-hydrogen) atoms. The number of rotatable bonds is 4. The second kappa shape index (κ2) is 8.05. The van der Waals surface area contributed by atoms with Gasteiger partial charge in [0.15, 0.2) is 4.32 Å². The molecule has 0 spiro atoms. The summed E-state index contributed by atoms with van der Waals surface area (Å²) in [5.74, 6) is -0.358. The van der Waals surface area contributed by atoms with Crippen LogP contribution in [0.2, 0.25) is 0 Å². The molecule has 3 aromatic carbocycles. The molecule has 0 aliphatic carbocycles. The molecule has 0 radical (unpaired) electrons. The van der Waals surface area contributed by atoms with Gasteiger partial charge in [-0.1, -0.05) is 42.1 Å². The van der Waals surface area contributed by atoms with Crippen molar-refractivity contribution in [1.29, 1.82) is 0 Å². The van der Waals surface area contributed by atoms with Gasteiger partial charge in [-0.05, 0) is 52.8 Å². The zero-order valence-corrected chi connectivity index (χ0v) is 16.9. The molecule has 1 N–H and O–H groups in total. The summed E-state index contributed by atoms with van der Waals surface area (Å²) in [5, 5.41) is 28.0. The molecule has 1 saturated heterocycles. The predicted octanol–water partition coefficient (Wildman–Crippen LogP) is 4.69. The third-order valence-electron chi connectivity index (χ3n) is 4.43. The Balaban J connectivity index is 1.61. The Morgan fingerprint density at radius 2 is 1.83 bits per heavy atom. The number of carbonyl (C=O) groups is 1. The van der Waals surface area contributed by atoms with Gasteiger partial charge in [-0.2, -0.15) is 10.1 Å². The topological polar surface area (TPSA) is 96.0 Å². The standard InChI is InChI=1S/C21H13N3O4S2/c25-18-10-7-14-3-1-2-4-16(14)17(18)12-22-23-20(26)19(30-21(23)29)11-13-5-8-15(9-6-13)24(27)28/h1-12,25H/b19-11?,22-12+. The first-order valence-electron chi connectivity index (χ1n) is 8.71. The number of hydrazone groups is 1. The van der Waals surface area contributed by atoms with Crippen LogP contribution < -0.4 is 0 Å². The first-order valence-corrected chi connectivity index (χ1v) is 9.93. The number of thiocarbonyl (C=S) groups is 1. The van der Waals surface area contributed by atoms with Crippen molar-refractivity contribution in [2.45, 2.75) is 0 Å². The summed E-state index contributed by atoms with van der Waals surface area (Å²) < 4.78 is 0.254. The number of amides is 1. The van der Waals surface area contributed by atoms with Crippen LogP contribution in [-0.4, -0.2) is 31.5 Å². The number of nitrogens with zero attached hydrogens (tertiary/aromatic N) is 3. The van der Waals surface area contributed by atoms with Crippen LogP contribution in [0.4, 0.5) is 5.69 Å². The van der Waals surface area contributed by atoms with E-state index in [9.17, 15) is 20.0 Å². The number of thioether (sulfide) groups is 1. The molecule has 0 unspecified atom stereocenters. The molecule has 9 heteroatoms. The normalized spacial score (nSPS) is 15.6. The largest absolute Gasteiger partial charge is 0.507 e. The first kappa shape index (κ1) is 19.7. The minimum atomic E-state index is -0.485. The lowest BCUT2D eigenvalue weighted by Crippen LogP contribution is -2.22. The van der Waals surface area contributed by atoms with E-state index in [0.717, 1.165) is 27.5 Å². The third kappa shape index (κ3) is 3.80. The van der Waals surface area contributed by atoms with Gasteiger partial charge < -0.3 is 5.11 Å². The second-order valence-electron chi connectivity index (χ2n) is 6.31. The Morgan fingerprint density at radius 3 is 2.57 bits per heavy atom. The smallest absolute Gasteiger partial charge is 0.286 e. The summed E-state index contributed by atoms with van der Waals surface area (Å²) >= 11 is 6.36. The predicted molar refractivity (Wildman–Crippen MR) is 121 cm³/mol. The van der Waals surface area contributed by atoms with Gasteiger partial charge in [-0.25, -0.2) is 0 Å². The highest BCUT2D eigenvalue weighted by Crippen LogP contribution is 2.33. The Labute approximate surface area is 180 Å². The highest BCUT2D eigenvalue weighted by molar-refractivity contribution is 8.26. The molecule has 1 fully saturated rings. The molecule has 1 aliphatic rings. The van der Waals surface area contributed by atoms with Crippen molar-refractivity contribution < 1.29 is 14.8 Å². The lowest BCUT2D eigenvalue weighted by molar-refractivity contribution is -0.384. The summed E-state index contributed by atoms with van der Waals surface area (Å²) in [7, 11) is 0. The highest BCUT2D eigenvalue weighted by Gasteiger charge is 2.32. The van der Waals surface area contributed by atoms with Crippen molar-refractivity contribution in [2.24, 2.45) is 5.10 Å². The fourth-order valence-corrected chi connectivity index (χ4v) is 4.11. The zero-order chi connectivity index (χ0) is 21.3. The first-order chi connectivity index (χ1) is 14.4. The SMILES string of the molecule is O=C1C(=Cc2ccc([N+](=O)[O-])cc2)SC(=S)N1/N=C/c1c(O)ccc2ccccc12. The van der Waals surface area contributed by atoms with Gasteiger partial charge in [0, 0.05) is 17.7 Å². The Bertz CT molecular complexity index is 1250. The average Bonchev–Trinajstić information content (AvgIpc) is 3.00. The van der Waals surface area contributed by atoms with E-state index in [1.165, 1.54) is 18.3 Å². The quantitative estimate of drug-likeness (QED) is 0.210. The van der Waals surface area contributed by atoms with Crippen LogP contribution in [0.25, 0.3) is 16.8 Å². The summed E-state index contributed by atoms with van der Waals surface area (Å²) in [6.45, 7) is 0. The fraction of sp³-hybridized carbons (Fsp3) is 0. The number of nitro benzene ring substituents is 1. The van der Waals surface area contributed by atoms with Crippen molar-refractivity contribution >= 4 is 63.0 Å². The Kier molecular flexibility index (Phi) is 5.30. The number of fused-ring (bicyclic) bond motifs is 1. The monoisotopic (exact) mass is 435 g/mol. The van der Waals surface area contributed by atoms with E-state index in [1.54, 1.807) is 30.3 Å². The van der Waals surface area contributed by atoms with E-state index in [4.69, 9.17) is 12.2 Å². The van der Waals surface area contributed by atoms with Crippen molar-refractivity contribution in [3.63, 3.8) is 0 Å². The van der Waals surface area contributed by atoms with Gasteiger partial charge in [-0.3, -0.25) is 14.9 Å². The highest BCUT2D eigenvalue weighted by atomic mass is 32.2.